The molecule has 2 saturated heterocycles. The van der Waals surface area contributed by atoms with E-state index in [9.17, 15) is 0 Å². The monoisotopic (exact) mass is 374 g/mol. The Kier molecular flexibility index (Phi) is 5.69. The van der Waals surface area contributed by atoms with Crippen molar-refractivity contribution >= 4 is 11.6 Å². The summed E-state index contributed by atoms with van der Waals surface area (Å²) in [4.78, 5) is 7.30. The summed E-state index contributed by atoms with van der Waals surface area (Å²) >= 11 is 0. The van der Waals surface area contributed by atoms with E-state index < -0.39 is 0 Å². The first-order valence-electron chi connectivity index (χ1n) is 10.0. The minimum atomic E-state index is 0.0891. The van der Waals surface area contributed by atoms with Crippen LogP contribution in [0.1, 0.15) is 32.1 Å². The Morgan fingerprint density at radius 3 is 2.56 bits per heavy atom. The van der Waals surface area contributed by atoms with E-state index in [2.05, 4.69) is 10.2 Å². The van der Waals surface area contributed by atoms with Crippen LogP contribution in [0.4, 0.5) is 5.69 Å². The second kappa shape index (κ2) is 8.35. The van der Waals surface area contributed by atoms with Crippen LogP contribution in [0.2, 0.25) is 0 Å². The molecule has 3 aliphatic rings. The number of nitrogens with one attached hydrogen (secondary N) is 1. The molecular weight excluding hydrogens is 344 g/mol. The molecule has 0 unspecified atom stereocenters. The van der Waals surface area contributed by atoms with Gasteiger partial charge in [0.2, 0.25) is 0 Å². The highest BCUT2D eigenvalue weighted by molar-refractivity contribution is 5.92. The van der Waals surface area contributed by atoms with E-state index in [0.29, 0.717) is 25.7 Å². The van der Waals surface area contributed by atoms with Crippen LogP contribution in [0.25, 0.3) is 0 Å². The summed E-state index contributed by atoms with van der Waals surface area (Å²) in [5.74, 6) is 1.97. The molecule has 2 fully saturated rings. The van der Waals surface area contributed by atoms with E-state index >= 15 is 0 Å². The summed E-state index contributed by atoms with van der Waals surface area (Å²) in [5, 5.41) is 3.20. The van der Waals surface area contributed by atoms with Crippen LogP contribution in [0.5, 0.6) is 11.5 Å². The predicted octanol–water partition coefficient (Wildman–Crippen LogP) is 2.22. The molecule has 1 aromatic rings. The molecule has 0 aromatic heterocycles. The zero-order chi connectivity index (χ0) is 18.5. The Morgan fingerprint density at radius 2 is 1.78 bits per heavy atom. The van der Waals surface area contributed by atoms with Gasteiger partial charge in [0.15, 0.2) is 17.5 Å². The molecule has 0 radical (unpaired) electrons. The molecule has 0 amide bonds. The van der Waals surface area contributed by atoms with E-state index in [1.807, 2.05) is 18.2 Å². The third-order valence-corrected chi connectivity index (χ3v) is 5.76. The van der Waals surface area contributed by atoms with E-state index in [1.54, 1.807) is 0 Å². The van der Waals surface area contributed by atoms with Gasteiger partial charge in [0.25, 0.3) is 0 Å². The van der Waals surface area contributed by atoms with Crippen molar-refractivity contribution in [2.24, 2.45) is 10.7 Å². The minimum absolute atomic E-state index is 0.0891. The fraction of sp³-hybridized carbons (Fsp3) is 0.650. The van der Waals surface area contributed by atoms with Crippen molar-refractivity contribution in [3.05, 3.63) is 18.2 Å². The van der Waals surface area contributed by atoms with Gasteiger partial charge in [-0.2, -0.15) is 0 Å². The lowest BCUT2D eigenvalue weighted by Crippen LogP contribution is -2.53. The number of likely N-dealkylation sites (tertiary alicyclic amines) is 1. The van der Waals surface area contributed by atoms with E-state index in [0.717, 1.165) is 62.8 Å². The summed E-state index contributed by atoms with van der Waals surface area (Å²) in [6, 6.07) is 5.79. The molecule has 0 saturated carbocycles. The van der Waals surface area contributed by atoms with Crippen molar-refractivity contribution < 1.29 is 14.2 Å². The average molecular weight is 374 g/mol. The summed E-state index contributed by atoms with van der Waals surface area (Å²) in [6.45, 7) is 5.99. The van der Waals surface area contributed by atoms with Crippen LogP contribution in [-0.4, -0.2) is 62.5 Å². The van der Waals surface area contributed by atoms with E-state index in [4.69, 9.17) is 24.9 Å². The SMILES string of the molecule is NC(=NCC1(N2CCCC2)CCOCC1)Nc1ccc2c(c1)OCCCO2. The van der Waals surface area contributed by atoms with Gasteiger partial charge in [-0.25, -0.2) is 0 Å². The molecule has 7 nitrogen and oxygen atoms in total. The van der Waals surface area contributed by atoms with Crippen LogP contribution in [0, 0.1) is 0 Å². The van der Waals surface area contributed by atoms with Gasteiger partial charge in [0, 0.05) is 36.9 Å². The molecule has 3 N–H and O–H groups in total. The third-order valence-electron chi connectivity index (χ3n) is 5.76. The molecule has 3 aliphatic heterocycles. The Labute approximate surface area is 160 Å². The van der Waals surface area contributed by atoms with Crippen molar-refractivity contribution in [1.82, 2.24) is 4.90 Å². The quantitative estimate of drug-likeness (QED) is 0.621. The maximum absolute atomic E-state index is 6.20. The zero-order valence-electron chi connectivity index (χ0n) is 15.9. The Balaban J connectivity index is 1.43. The van der Waals surface area contributed by atoms with Crippen LogP contribution < -0.4 is 20.5 Å². The van der Waals surface area contributed by atoms with Crippen LogP contribution in [-0.2, 0) is 4.74 Å². The molecule has 7 heteroatoms. The fourth-order valence-electron chi connectivity index (χ4n) is 4.18. The number of anilines is 1. The second-order valence-electron chi connectivity index (χ2n) is 7.57. The van der Waals surface area contributed by atoms with Crippen molar-refractivity contribution in [2.75, 3.05) is 51.4 Å². The molecule has 0 atom stereocenters. The Hall–Kier alpha value is -1.99. The molecule has 3 heterocycles. The molecular formula is C20H30N4O3. The van der Waals surface area contributed by atoms with Gasteiger partial charge in [-0.05, 0) is 50.9 Å². The maximum atomic E-state index is 6.20. The number of rotatable bonds is 4. The first-order valence-corrected chi connectivity index (χ1v) is 10.0. The van der Waals surface area contributed by atoms with Crippen molar-refractivity contribution in [2.45, 2.75) is 37.6 Å². The van der Waals surface area contributed by atoms with Gasteiger partial charge in [-0.1, -0.05) is 0 Å². The van der Waals surface area contributed by atoms with Gasteiger partial charge in [-0.3, -0.25) is 9.89 Å². The van der Waals surface area contributed by atoms with Gasteiger partial charge in [0.1, 0.15) is 0 Å². The summed E-state index contributed by atoms with van der Waals surface area (Å²) in [5.41, 5.74) is 7.16. The van der Waals surface area contributed by atoms with E-state index in [1.165, 1.54) is 12.8 Å². The first-order chi connectivity index (χ1) is 13.3. The highest BCUT2D eigenvalue weighted by atomic mass is 16.5. The highest BCUT2D eigenvalue weighted by Gasteiger charge is 2.39. The van der Waals surface area contributed by atoms with Crippen molar-refractivity contribution in [3.8, 4) is 11.5 Å². The number of guanidine groups is 1. The van der Waals surface area contributed by atoms with Crippen LogP contribution in [0.3, 0.4) is 0 Å². The van der Waals surface area contributed by atoms with Crippen LogP contribution >= 0.6 is 0 Å². The lowest BCUT2D eigenvalue weighted by atomic mass is 9.88. The fourth-order valence-corrected chi connectivity index (χ4v) is 4.18. The number of benzene rings is 1. The number of ether oxygens (including phenoxy) is 3. The Morgan fingerprint density at radius 1 is 1.04 bits per heavy atom. The topological polar surface area (TPSA) is 81.3 Å². The first kappa shape index (κ1) is 18.4. The molecule has 148 valence electrons. The third kappa shape index (κ3) is 4.30. The molecule has 0 spiro atoms. The zero-order valence-corrected chi connectivity index (χ0v) is 15.9. The predicted molar refractivity (Wildman–Crippen MR) is 106 cm³/mol. The number of nitrogens with zero attached hydrogens (tertiary/aromatic N) is 2. The molecule has 27 heavy (non-hydrogen) atoms. The van der Waals surface area contributed by atoms with Gasteiger partial charge < -0.3 is 25.3 Å². The van der Waals surface area contributed by atoms with E-state index in [-0.39, 0.29) is 5.54 Å². The van der Waals surface area contributed by atoms with Gasteiger partial charge >= 0.3 is 0 Å². The number of hydrogen-bond acceptors (Lipinski definition) is 5. The maximum Gasteiger partial charge on any atom is 0.193 e. The van der Waals surface area contributed by atoms with Crippen molar-refractivity contribution in [1.29, 1.82) is 0 Å². The second-order valence-corrected chi connectivity index (χ2v) is 7.57. The minimum Gasteiger partial charge on any atom is -0.490 e. The molecule has 4 rings (SSSR count). The summed E-state index contributed by atoms with van der Waals surface area (Å²) < 4.78 is 17.0. The number of aliphatic imine (C=N–C) groups is 1. The smallest absolute Gasteiger partial charge is 0.193 e. The normalized spacial score (nSPS) is 23.0. The van der Waals surface area contributed by atoms with Crippen molar-refractivity contribution in [3.63, 3.8) is 0 Å². The summed E-state index contributed by atoms with van der Waals surface area (Å²) in [7, 11) is 0. The highest BCUT2D eigenvalue weighted by Crippen LogP contribution is 2.33. The lowest BCUT2D eigenvalue weighted by Gasteiger charge is -2.43. The van der Waals surface area contributed by atoms with Crippen LogP contribution in [0.15, 0.2) is 23.2 Å². The Bertz CT molecular complexity index is 667. The molecule has 1 aromatic carbocycles. The largest absolute Gasteiger partial charge is 0.490 e. The molecule has 0 bridgehead atoms. The number of hydrogen-bond donors (Lipinski definition) is 2. The van der Waals surface area contributed by atoms with Gasteiger partial charge in [0.05, 0.1) is 19.8 Å². The molecule has 0 aliphatic carbocycles. The lowest BCUT2D eigenvalue weighted by molar-refractivity contribution is -0.0138. The summed E-state index contributed by atoms with van der Waals surface area (Å²) in [6.07, 6.45) is 5.49. The standard InChI is InChI=1S/C20H30N4O3/c21-19(23-16-4-5-17-18(14-16)27-11-3-10-26-17)22-15-20(6-12-25-13-7-20)24-8-1-2-9-24/h4-5,14H,1-3,6-13,15H2,(H3,21,22,23). The average Bonchev–Trinajstić information content (AvgIpc) is 3.14. The number of nitrogens with two attached hydrogens (primary N) is 1. The number of fused-ring (bicyclic) bond motifs is 1. The van der Waals surface area contributed by atoms with Gasteiger partial charge in [-0.15, -0.1) is 0 Å².